The van der Waals surface area contributed by atoms with E-state index in [1.54, 1.807) is 18.2 Å². The van der Waals surface area contributed by atoms with Crippen LogP contribution in [0, 0.1) is 25.2 Å². The Hall–Kier alpha value is -2.66. The highest BCUT2D eigenvalue weighted by Gasteiger charge is 2.41. The molecule has 2 aromatic rings. The van der Waals surface area contributed by atoms with Gasteiger partial charge in [-0.15, -0.1) is 0 Å². The number of nitrogens with zero attached hydrogens (tertiary/aromatic N) is 2. The second-order valence-corrected chi connectivity index (χ2v) is 8.29. The minimum atomic E-state index is -0.465. The van der Waals surface area contributed by atoms with Crippen LogP contribution in [0.5, 0.6) is 0 Å². The van der Waals surface area contributed by atoms with Crippen LogP contribution in [0.25, 0.3) is 0 Å². The number of fused-ring (bicyclic) bond motifs is 1. The summed E-state index contributed by atoms with van der Waals surface area (Å²) in [5.41, 5.74) is 8.53. The van der Waals surface area contributed by atoms with E-state index in [2.05, 4.69) is 35.6 Å². The molecule has 1 radical (unpaired) electrons. The van der Waals surface area contributed by atoms with Gasteiger partial charge in [0, 0.05) is 37.3 Å². The molecule has 4 rings (SSSR count). The van der Waals surface area contributed by atoms with Crippen molar-refractivity contribution < 1.29 is 9.59 Å². The number of rotatable bonds is 6. The molecule has 2 aromatic carbocycles. The maximum atomic E-state index is 13.0. The smallest absolute Gasteiger partial charge is 0.254 e. The third kappa shape index (κ3) is 4.35. The highest BCUT2D eigenvalue weighted by atomic mass is 16.2. The number of hydrogen-bond donors (Lipinski definition) is 1. The van der Waals surface area contributed by atoms with Crippen molar-refractivity contribution in [2.75, 3.05) is 32.7 Å². The van der Waals surface area contributed by atoms with E-state index in [9.17, 15) is 9.59 Å². The van der Waals surface area contributed by atoms with Crippen LogP contribution in [-0.2, 0) is 0 Å². The Bertz CT molecular complexity index is 882. The van der Waals surface area contributed by atoms with Crippen LogP contribution in [0.3, 0.4) is 0 Å². The Morgan fingerprint density at radius 2 is 1.72 bits per heavy atom. The lowest BCUT2D eigenvalue weighted by Crippen LogP contribution is -2.34. The highest BCUT2D eigenvalue weighted by molar-refractivity contribution is 5.98. The first-order valence-electron chi connectivity index (χ1n) is 10.3. The van der Waals surface area contributed by atoms with Crippen molar-refractivity contribution in [3.05, 3.63) is 77.2 Å². The molecule has 29 heavy (non-hydrogen) atoms. The molecule has 151 valence electrons. The van der Waals surface area contributed by atoms with Gasteiger partial charge in [0.05, 0.1) is 0 Å². The molecule has 2 heterocycles. The number of carbonyl (C=O) groups is 2. The summed E-state index contributed by atoms with van der Waals surface area (Å²) < 4.78 is 0. The molecule has 2 aliphatic rings. The molecule has 2 saturated heterocycles. The fourth-order valence-electron chi connectivity index (χ4n) is 4.67. The van der Waals surface area contributed by atoms with Gasteiger partial charge in [0.15, 0.2) is 0 Å². The summed E-state index contributed by atoms with van der Waals surface area (Å²) in [5, 5.41) is 0. The number of hydrogen-bond acceptors (Lipinski definition) is 3. The molecule has 2 aliphatic heterocycles. The van der Waals surface area contributed by atoms with Gasteiger partial charge in [0.25, 0.3) is 5.91 Å². The second-order valence-electron chi connectivity index (χ2n) is 8.29. The average molecular weight is 391 g/mol. The van der Waals surface area contributed by atoms with Crippen LogP contribution >= 0.6 is 0 Å². The van der Waals surface area contributed by atoms with E-state index < -0.39 is 5.91 Å². The van der Waals surface area contributed by atoms with Crippen LogP contribution in [0.1, 0.15) is 38.3 Å². The van der Waals surface area contributed by atoms with E-state index in [0.717, 1.165) is 44.7 Å². The predicted octanol–water partition coefficient (Wildman–Crippen LogP) is 2.74. The van der Waals surface area contributed by atoms with E-state index in [4.69, 9.17) is 5.73 Å². The highest BCUT2D eigenvalue weighted by Crippen LogP contribution is 2.32. The molecule has 0 aromatic heterocycles. The first-order valence-corrected chi connectivity index (χ1v) is 10.3. The number of primary amides is 1. The molecule has 0 spiro atoms. The van der Waals surface area contributed by atoms with Gasteiger partial charge in [0.2, 0.25) is 5.91 Å². The average Bonchev–Trinajstić information content (AvgIpc) is 3.27. The zero-order valence-electron chi connectivity index (χ0n) is 16.9. The maximum Gasteiger partial charge on any atom is 0.254 e. The number of aryl methyl sites for hydroxylation is 1. The molecule has 0 aliphatic carbocycles. The SMILES string of the molecule is Cc1cc(C(N)=O)ccc1C(=O)N1CC2CN(CC[CH]c3ccccc3)C[C@H]2C1. The molecule has 2 fully saturated rings. The molecular weight excluding hydrogens is 362 g/mol. The van der Waals surface area contributed by atoms with Gasteiger partial charge in [0.1, 0.15) is 0 Å². The number of benzene rings is 2. The van der Waals surface area contributed by atoms with Crippen molar-refractivity contribution in [2.24, 2.45) is 17.6 Å². The van der Waals surface area contributed by atoms with Gasteiger partial charge < -0.3 is 15.5 Å². The van der Waals surface area contributed by atoms with Gasteiger partial charge >= 0.3 is 0 Å². The predicted molar refractivity (Wildman–Crippen MR) is 113 cm³/mol. The summed E-state index contributed by atoms with van der Waals surface area (Å²) in [4.78, 5) is 28.8. The van der Waals surface area contributed by atoms with E-state index >= 15 is 0 Å². The van der Waals surface area contributed by atoms with Gasteiger partial charge in [-0.05, 0) is 67.5 Å². The summed E-state index contributed by atoms with van der Waals surface area (Å²) in [7, 11) is 0. The number of likely N-dealkylation sites (tertiary alicyclic amines) is 2. The molecule has 2 amide bonds. The Morgan fingerprint density at radius 3 is 2.34 bits per heavy atom. The van der Waals surface area contributed by atoms with E-state index in [0.29, 0.717) is 23.0 Å². The molecule has 0 saturated carbocycles. The van der Waals surface area contributed by atoms with Crippen LogP contribution in [0.4, 0.5) is 0 Å². The van der Waals surface area contributed by atoms with Crippen molar-refractivity contribution in [2.45, 2.75) is 13.3 Å². The Labute approximate surface area is 172 Å². The molecule has 0 bridgehead atoms. The summed E-state index contributed by atoms with van der Waals surface area (Å²) in [6, 6.07) is 15.5. The lowest BCUT2D eigenvalue weighted by Gasteiger charge is -2.22. The Kier molecular flexibility index (Phi) is 5.67. The van der Waals surface area contributed by atoms with Crippen LogP contribution < -0.4 is 5.73 Å². The zero-order chi connectivity index (χ0) is 20.4. The summed E-state index contributed by atoms with van der Waals surface area (Å²) in [6.07, 6.45) is 3.35. The molecule has 2 N–H and O–H groups in total. The van der Waals surface area contributed by atoms with Crippen molar-refractivity contribution in [1.29, 1.82) is 0 Å². The van der Waals surface area contributed by atoms with Gasteiger partial charge in [-0.3, -0.25) is 9.59 Å². The monoisotopic (exact) mass is 390 g/mol. The third-order valence-corrected chi connectivity index (χ3v) is 6.22. The van der Waals surface area contributed by atoms with Crippen molar-refractivity contribution in [1.82, 2.24) is 9.80 Å². The van der Waals surface area contributed by atoms with Crippen LogP contribution in [0.15, 0.2) is 48.5 Å². The zero-order valence-corrected chi connectivity index (χ0v) is 16.9. The minimum absolute atomic E-state index is 0.0666. The fraction of sp³-hybridized carbons (Fsp3) is 0.375. The standard InChI is InChI=1S/C24H28N3O2/c1-17-12-19(23(25)28)9-10-22(17)24(29)27-15-20-13-26(14-21(20)16-27)11-5-8-18-6-3-2-4-7-18/h2-4,6-10,12,20-21H,5,11,13-16H2,1H3,(H2,25,28)/t20-,21?/m0/s1. The molecule has 5 nitrogen and oxygen atoms in total. The third-order valence-electron chi connectivity index (χ3n) is 6.22. The Morgan fingerprint density at radius 1 is 1.03 bits per heavy atom. The fourth-order valence-corrected chi connectivity index (χ4v) is 4.67. The van der Waals surface area contributed by atoms with Crippen molar-refractivity contribution in [3.63, 3.8) is 0 Å². The summed E-state index contributed by atoms with van der Waals surface area (Å²) in [6.45, 7) is 6.71. The topological polar surface area (TPSA) is 66.6 Å². The molecule has 5 heteroatoms. The van der Waals surface area contributed by atoms with E-state index in [-0.39, 0.29) is 5.91 Å². The number of carbonyl (C=O) groups excluding carboxylic acids is 2. The first kappa shape index (κ1) is 19.6. The van der Waals surface area contributed by atoms with Gasteiger partial charge in [-0.2, -0.15) is 0 Å². The normalized spacial score (nSPS) is 21.3. The first-order chi connectivity index (χ1) is 14.0. The van der Waals surface area contributed by atoms with E-state index in [1.165, 1.54) is 5.56 Å². The van der Waals surface area contributed by atoms with Gasteiger partial charge in [-0.25, -0.2) is 0 Å². The Balaban J connectivity index is 1.29. The quantitative estimate of drug-likeness (QED) is 0.825. The van der Waals surface area contributed by atoms with Gasteiger partial charge in [-0.1, -0.05) is 30.3 Å². The lowest BCUT2D eigenvalue weighted by atomic mass is 10.0. The minimum Gasteiger partial charge on any atom is -0.366 e. The van der Waals surface area contributed by atoms with Crippen molar-refractivity contribution >= 4 is 11.8 Å². The second kappa shape index (κ2) is 8.37. The van der Waals surface area contributed by atoms with Crippen LogP contribution in [-0.4, -0.2) is 54.3 Å². The number of nitrogens with two attached hydrogens (primary N) is 1. The summed E-state index contributed by atoms with van der Waals surface area (Å²) in [5.74, 6) is 0.714. The van der Waals surface area contributed by atoms with Crippen molar-refractivity contribution in [3.8, 4) is 0 Å². The van der Waals surface area contributed by atoms with E-state index in [1.807, 2.05) is 17.9 Å². The lowest BCUT2D eigenvalue weighted by molar-refractivity contribution is 0.0773. The summed E-state index contributed by atoms with van der Waals surface area (Å²) >= 11 is 0. The molecular formula is C24H28N3O2. The molecule has 2 atom stereocenters. The largest absolute Gasteiger partial charge is 0.366 e. The number of amides is 2. The van der Waals surface area contributed by atoms with Crippen LogP contribution in [0.2, 0.25) is 0 Å². The maximum absolute atomic E-state index is 13.0. The molecule has 1 unspecified atom stereocenters.